The monoisotopic (exact) mass is 307 g/mol. The molecule has 0 spiro atoms. The lowest BCUT2D eigenvalue weighted by atomic mass is 10.2. The van der Waals surface area contributed by atoms with E-state index in [0.29, 0.717) is 22.3 Å². The SMILES string of the molecule is CNC/C=C(/Oc1ccc(Cl)c(Cl)c1)c1ccccc1. The molecule has 0 bridgehead atoms. The Labute approximate surface area is 129 Å². The van der Waals surface area contributed by atoms with E-state index < -0.39 is 0 Å². The number of halogens is 2. The van der Waals surface area contributed by atoms with Crippen LogP contribution in [-0.2, 0) is 0 Å². The van der Waals surface area contributed by atoms with Gasteiger partial charge in [-0.15, -0.1) is 0 Å². The van der Waals surface area contributed by atoms with Crippen molar-refractivity contribution in [1.29, 1.82) is 0 Å². The summed E-state index contributed by atoms with van der Waals surface area (Å²) >= 11 is 11.9. The van der Waals surface area contributed by atoms with Gasteiger partial charge < -0.3 is 10.1 Å². The molecular weight excluding hydrogens is 293 g/mol. The molecule has 2 aromatic rings. The zero-order valence-corrected chi connectivity index (χ0v) is 12.6. The summed E-state index contributed by atoms with van der Waals surface area (Å²) < 4.78 is 5.92. The first-order valence-electron chi connectivity index (χ1n) is 6.24. The average Bonchev–Trinajstić information content (AvgIpc) is 2.48. The van der Waals surface area contributed by atoms with Gasteiger partial charge >= 0.3 is 0 Å². The summed E-state index contributed by atoms with van der Waals surface area (Å²) in [6.45, 7) is 0.714. The third-order valence-corrected chi connectivity index (χ3v) is 3.41. The Kier molecular flexibility index (Phi) is 5.48. The molecule has 2 rings (SSSR count). The molecule has 0 heterocycles. The Hall–Kier alpha value is -1.48. The summed E-state index contributed by atoms with van der Waals surface area (Å²) in [6, 6.07) is 15.1. The Morgan fingerprint density at radius 3 is 2.50 bits per heavy atom. The zero-order chi connectivity index (χ0) is 14.4. The molecule has 0 fully saturated rings. The Morgan fingerprint density at radius 2 is 1.85 bits per heavy atom. The maximum Gasteiger partial charge on any atom is 0.131 e. The van der Waals surface area contributed by atoms with Crippen molar-refractivity contribution in [3.05, 3.63) is 70.2 Å². The predicted octanol–water partition coefficient (Wildman–Crippen LogP) is 4.63. The van der Waals surface area contributed by atoms with Gasteiger partial charge in [-0.1, -0.05) is 53.5 Å². The topological polar surface area (TPSA) is 21.3 Å². The Bertz CT molecular complexity index is 597. The zero-order valence-electron chi connectivity index (χ0n) is 11.1. The summed E-state index contributed by atoms with van der Waals surface area (Å²) in [7, 11) is 1.89. The smallest absolute Gasteiger partial charge is 0.131 e. The molecule has 1 N–H and O–H groups in total. The third-order valence-electron chi connectivity index (χ3n) is 2.67. The normalized spacial score (nSPS) is 11.4. The van der Waals surface area contributed by atoms with Gasteiger partial charge in [0, 0.05) is 18.2 Å². The number of hydrogen-bond donors (Lipinski definition) is 1. The van der Waals surface area contributed by atoms with E-state index in [9.17, 15) is 0 Å². The highest BCUT2D eigenvalue weighted by Gasteiger charge is 2.06. The van der Waals surface area contributed by atoms with Gasteiger partial charge in [0.25, 0.3) is 0 Å². The van der Waals surface area contributed by atoms with Crippen LogP contribution in [0.4, 0.5) is 0 Å². The number of benzene rings is 2. The van der Waals surface area contributed by atoms with Crippen LogP contribution < -0.4 is 10.1 Å². The summed E-state index contributed by atoms with van der Waals surface area (Å²) in [6.07, 6.45) is 1.98. The third kappa shape index (κ3) is 4.01. The minimum absolute atomic E-state index is 0.477. The molecule has 0 radical (unpaired) electrons. The second-order valence-corrected chi connectivity index (χ2v) is 4.98. The largest absolute Gasteiger partial charge is 0.457 e. The molecular formula is C16H15Cl2NO. The van der Waals surface area contributed by atoms with Gasteiger partial charge in [-0.25, -0.2) is 0 Å². The summed E-state index contributed by atoms with van der Waals surface area (Å²) in [5, 5.41) is 4.06. The molecule has 0 saturated carbocycles. The summed E-state index contributed by atoms with van der Waals surface area (Å²) in [5.41, 5.74) is 1.01. The van der Waals surface area contributed by atoms with Crippen LogP contribution in [0.2, 0.25) is 10.0 Å². The highest BCUT2D eigenvalue weighted by molar-refractivity contribution is 6.42. The maximum atomic E-state index is 6.00. The fourth-order valence-corrected chi connectivity index (χ4v) is 1.97. The molecule has 0 atom stereocenters. The molecule has 104 valence electrons. The van der Waals surface area contributed by atoms with Crippen LogP contribution in [0.5, 0.6) is 5.75 Å². The number of nitrogens with one attached hydrogen (secondary N) is 1. The van der Waals surface area contributed by atoms with Gasteiger partial charge in [0.2, 0.25) is 0 Å². The van der Waals surface area contributed by atoms with Crippen LogP contribution in [0.15, 0.2) is 54.6 Å². The van der Waals surface area contributed by atoms with Crippen molar-refractivity contribution in [2.24, 2.45) is 0 Å². The van der Waals surface area contributed by atoms with E-state index in [1.165, 1.54) is 0 Å². The van der Waals surface area contributed by atoms with Gasteiger partial charge in [0.05, 0.1) is 10.0 Å². The van der Waals surface area contributed by atoms with Crippen LogP contribution in [0.3, 0.4) is 0 Å². The van der Waals surface area contributed by atoms with Crippen LogP contribution in [0.1, 0.15) is 5.56 Å². The average molecular weight is 308 g/mol. The van der Waals surface area contributed by atoms with Gasteiger partial charge in [-0.3, -0.25) is 0 Å². The van der Waals surface area contributed by atoms with E-state index >= 15 is 0 Å². The van der Waals surface area contributed by atoms with E-state index in [2.05, 4.69) is 5.32 Å². The number of ether oxygens (including phenoxy) is 1. The molecule has 0 aliphatic rings. The summed E-state index contributed by atoms with van der Waals surface area (Å²) in [5.74, 6) is 1.43. The molecule has 4 heteroatoms. The second-order valence-electron chi connectivity index (χ2n) is 4.17. The van der Waals surface area contributed by atoms with Crippen molar-refractivity contribution in [1.82, 2.24) is 5.32 Å². The van der Waals surface area contributed by atoms with Crippen LogP contribution in [0.25, 0.3) is 5.76 Å². The highest BCUT2D eigenvalue weighted by Crippen LogP contribution is 2.29. The molecule has 0 aliphatic heterocycles. The molecule has 2 nitrogen and oxygen atoms in total. The van der Waals surface area contributed by atoms with Crippen molar-refractivity contribution in [3.63, 3.8) is 0 Å². The quantitative estimate of drug-likeness (QED) is 0.813. The van der Waals surface area contributed by atoms with Gasteiger partial charge in [0.1, 0.15) is 11.5 Å². The van der Waals surface area contributed by atoms with E-state index in [-0.39, 0.29) is 0 Å². The number of rotatable bonds is 5. The van der Waals surface area contributed by atoms with Gasteiger partial charge in [-0.2, -0.15) is 0 Å². The molecule has 0 aromatic heterocycles. The summed E-state index contributed by atoms with van der Waals surface area (Å²) in [4.78, 5) is 0. The predicted molar refractivity (Wildman–Crippen MR) is 85.4 cm³/mol. The van der Waals surface area contributed by atoms with Crippen LogP contribution in [-0.4, -0.2) is 13.6 Å². The lowest BCUT2D eigenvalue weighted by Gasteiger charge is -2.11. The molecule has 0 saturated heterocycles. The Morgan fingerprint density at radius 1 is 1.10 bits per heavy atom. The molecule has 0 amide bonds. The Balaban J connectivity index is 2.26. The number of hydrogen-bond acceptors (Lipinski definition) is 2. The van der Waals surface area contributed by atoms with Crippen LogP contribution in [0, 0.1) is 0 Å². The minimum Gasteiger partial charge on any atom is -0.457 e. The minimum atomic E-state index is 0.477. The first-order chi connectivity index (χ1) is 9.70. The number of likely N-dealkylation sites (N-methyl/N-ethyl adjacent to an activating group) is 1. The lowest BCUT2D eigenvalue weighted by Crippen LogP contribution is -2.07. The van der Waals surface area contributed by atoms with Crippen molar-refractivity contribution in [3.8, 4) is 5.75 Å². The van der Waals surface area contributed by atoms with Gasteiger partial charge in [0.15, 0.2) is 0 Å². The van der Waals surface area contributed by atoms with E-state index in [0.717, 1.165) is 11.3 Å². The molecule has 0 aliphatic carbocycles. The van der Waals surface area contributed by atoms with E-state index in [1.807, 2.05) is 43.5 Å². The van der Waals surface area contributed by atoms with Gasteiger partial charge in [-0.05, 0) is 25.3 Å². The molecule has 2 aromatic carbocycles. The lowest BCUT2D eigenvalue weighted by molar-refractivity contribution is 0.513. The first-order valence-corrected chi connectivity index (χ1v) is 6.99. The van der Waals surface area contributed by atoms with Crippen molar-refractivity contribution >= 4 is 29.0 Å². The van der Waals surface area contributed by atoms with Crippen molar-refractivity contribution < 1.29 is 4.74 Å². The van der Waals surface area contributed by atoms with Crippen molar-refractivity contribution in [2.45, 2.75) is 0 Å². The van der Waals surface area contributed by atoms with E-state index in [1.54, 1.807) is 18.2 Å². The second kappa shape index (κ2) is 7.34. The highest BCUT2D eigenvalue weighted by atomic mass is 35.5. The molecule has 0 unspecified atom stereocenters. The standard InChI is InChI=1S/C16H15Cl2NO/c1-19-10-9-16(12-5-3-2-4-6-12)20-13-7-8-14(17)15(18)11-13/h2-9,11,19H,10H2,1H3/b16-9+. The van der Waals surface area contributed by atoms with E-state index in [4.69, 9.17) is 27.9 Å². The van der Waals surface area contributed by atoms with Crippen LogP contribution >= 0.6 is 23.2 Å². The van der Waals surface area contributed by atoms with Crippen molar-refractivity contribution in [2.75, 3.05) is 13.6 Å². The fraction of sp³-hybridized carbons (Fsp3) is 0.125. The maximum absolute atomic E-state index is 6.00. The first kappa shape index (κ1) is 14.9. The molecule has 20 heavy (non-hydrogen) atoms. The fourth-order valence-electron chi connectivity index (χ4n) is 1.68.